The Kier molecular flexibility index (Phi) is 8.84. The van der Waals surface area contributed by atoms with Crippen molar-refractivity contribution < 1.29 is 28.9 Å². The summed E-state index contributed by atoms with van der Waals surface area (Å²) < 4.78 is 17.0. The third kappa shape index (κ3) is 5.97. The van der Waals surface area contributed by atoms with Crippen LogP contribution in [0.1, 0.15) is 43.0 Å². The first-order valence-electron chi connectivity index (χ1n) is 13.0. The lowest BCUT2D eigenvalue weighted by Crippen LogP contribution is -2.39. The van der Waals surface area contributed by atoms with Gasteiger partial charge in [0.05, 0.1) is 38.0 Å². The van der Waals surface area contributed by atoms with Crippen LogP contribution in [-0.2, 0) is 14.3 Å². The lowest BCUT2D eigenvalue weighted by Gasteiger charge is -2.29. The van der Waals surface area contributed by atoms with E-state index in [-0.39, 0.29) is 11.3 Å². The van der Waals surface area contributed by atoms with Crippen molar-refractivity contribution in [3.63, 3.8) is 0 Å². The first kappa shape index (κ1) is 26.7. The maximum absolute atomic E-state index is 13.3. The fraction of sp³-hybridized carbons (Fsp3) is 0.448. The molecule has 1 atom stereocenters. The molecule has 2 fully saturated rings. The maximum Gasteiger partial charge on any atom is 0.295 e. The molecule has 8 heteroatoms. The molecule has 0 bridgehead atoms. The van der Waals surface area contributed by atoms with Crippen LogP contribution in [0, 0.1) is 6.92 Å². The van der Waals surface area contributed by atoms with Gasteiger partial charge in [-0.25, -0.2) is 0 Å². The van der Waals surface area contributed by atoms with Crippen LogP contribution >= 0.6 is 0 Å². The number of hydrogen-bond acceptors (Lipinski definition) is 7. The van der Waals surface area contributed by atoms with Gasteiger partial charge in [0, 0.05) is 31.7 Å². The van der Waals surface area contributed by atoms with Crippen LogP contribution < -0.4 is 9.47 Å². The molecule has 198 valence electrons. The molecule has 2 aliphatic heterocycles. The van der Waals surface area contributed by atoms with E-state index < -0.39 is 17.7 Å². The summed E-state index contributed by atoms with van der Waals surface area (Å²) in [6, 6.07) is 12.0. The second-order valence-corrected chi connectivity index (χ2v) is 9.24. The largest absolute Gasteiger partial charge is 0.507 e. The zero-order valence-electron chi connectivity index (χ0n) is 21.9. The van der Waals surface area contributed by atoms with Gasteiger partial charge in [-0.2, -0.15) is 0 Å². The second kappa shape index (κ2) is 12.3. The Morgan fingerprint density at radius 2 is 1.65 bits per heavy atom. The maximum atomic E-state index is 13.3. The number of ether oxygens (including phenoxy) is 3. The van der Waals surface area contributed by atoms with Crippen molar-refractivity contribution in [2.75, 3.05) is 52.6 Å². The Morgan fingerprint density at radius 1 is 0.973 bits per heavy atom. The molecule has 1 amide bonds. The number of benzene rings is 2. The Hall–Kier alpha value is -3.36. The molecule has 37 heavy (non-hydrogen) atoms. The smallest absolute Gasteiger partial charge is 0.295 e. The van der Waals surface area contributed by atoms with E-state index in [1.165, 1.54) is 0 Å². The van der Waals surface area contributed by atoms with Crippen LogP contribution in [0.2, 0.25) is 0 Å². The van der Waals surface area contributed by atoms with Crippen molar-refractivity contribution in [2.24, 2.45) is 0 Å². The minimum atomic E-state index is -0.735. The lowest BCUT2D eigenvalue weighted by atomic mass is 9.94. The molecule has 0 aliphatic carbocycles. The number of hydrogen-bond donors (Lipinski definition) is 1. The minimum absolute atomic E-state index is 0.0897. The average molecular weight is 509 g/mol. The molecular formula is C29H36N2O6. The number of Topliss-reactive ketones (excluding diaryl/α,β-unsaturated/α-hetero) is 1. The third-order valence-electron chi connectivity index (χ3n) is 6.73. The number of amides is 1. The van der Waals surface area contributed by atoms with Gasteiger partial charge in [-0.1, -0.05) is 35.9 Å². The van der Waals surface area contributed by atoms with Crippen LogP contribution in [0.25, 0.3) is 5.76 Å². The summed E-state index contributed by atoms with van der Waals surface area (Å²) in [5.74, 6) is -0.327. The van der Waals surface area contributed by atoms with Gasteiger partial charge in [0.15, 0.2) is 11.5 Å². The molecule has 2 heterocycles. The van der Waals surface area contributed by atoms with Gasteiger partial charge in [0.2, 0.25) is 0 Å². The molecular weight excluding hydrogens is 472 g/mol. The Morgan fingerprint density at radius 3 is 2.32 bits per heavy atom. The van der Waals surface area contributed by atoms with E-state index in [1.807, 2.05) is 45.0 Å². The monoisotopic (exact) mass is 508 g/mol. The number of carbonyl (C=O) groups excluding carboxylic acids is 2. The van der Waals surface area contributed by atoms with E-state index in [1.54, 1.807) is 23.1 Å². The van der Waals surface area contributed by atoms with Gasteiger partial charge in [-0.05, 0) is 44.9 Å². The Balaban J connectivity index is 1.72. The fourth-order valence-electron chi connectivity index (χ4n) is 4.85. The standard InChI is InChI=1S/C29H36N2O6/c1-4-36-23-12-11-22(19-24(23)37-5-2)26-25(27(32)21-9-7-20(3)8-10-21)28(33)29(34)31(26)14-6-13-30-15-17-35-18-16-30/h7-12,19,26,32H,4-6,13-18H2,1-3H3/t26-/m0/s1. The highest BCUT2D eigenvalue weighted by Crippen LogP contribution is 2.42. The van der Waals surface area contributed by atoms with Crippen molar-refractivity contribution in [3.8, 4) is 11.5 Å². The highest BCUT2D eigenvalue weighted by Gasteiger charge is 2.46. The normalized spacial score (nSPS) is 19.9. The molecule has 2 aromatic carbocycles. The van der Waals surface area contributed by atoms with Gasteiger partial charge in [0.25, 0.3) is 11.7 Å². The predicted molar refractivity (Wildman–Crippen MR) is 141 cm³/mol. The first-order chi connectivity index (χ1) is 17.9. The number of ketones is 1. The Labute approximate surface area is 218 Å². The summed E-state index contributed by atoms with van der Waals surface area (Å²) in [6.07, 6.45) is 0.698. The van der Waals surface area contributed by atoms with Crippen LogP contribution in [0.3, 0.4) is 0 Å². The molecule has 0 saturated carbocycles. The number of aliphatic hydroxyl groups excluding tert-OH is 1. The molecule has 4 rings (SSSR count). The minimum Gasteiger partial charge on any atom is -0.507 e. The summed E-state index contributed by atoms with van der Waals surface area (Å²) in [7, 11) is 0. The molecule has 2 saturated heterocycles. The zero-order chi connectivity index (χ0) is 26.4. The van der Waals surface area contributed by atoms with Crippen molar-refractivity contribution in [3.05, 3.63) is 64.7 Å². The highest BCUT2D eigenvalue weighted by molar-refractivity contribution is 6.46. The van der Waals surface area contributed by atoms with E-state index >= 15 is 0 Å². The molecule has 1 N–H and O–H groups in total. The molecule has 2 aromatic rings. The molecule has 8 nitrogen and oxygen atoms in total. The van der Waals surface area contributed by atoms with E-state index in [4.69, 9.17) is 14.2 Å². The lowest BCUT2D eigenvalue weighted by molar-refractivity contribution is -0.140. The predicted octanol–water partition coefficient (Wildman–Crippen LogP) is 3.94. The van der Waals surface area contributed by atoms with Crippen LogP contribution in [-0.4, -0.2) is 79.2 Å². The van der Waals surface area contributed by atoms with Crippen molar-refractivity contribution in [2.45, 2.75) is 33.2 Å². The molecule has 0 radical (unpaired) electrons. The summed E-state index contributed by atoms with van der Waals surface area (Å²) in [6.45, 7) is 10.9. The first-order valence-corrected chi connectivity index (χ1v) is 13.0. The number of morpholine rings is 1. The van der Waals surface area contributed by atoms with Crippen molar-refractivity contribution in [1.29, 1.82) is 0 Å². The molecule has 0 unspecified atom stereocenters. The number of aliphatic hydroxyl groups is 1. The summed E-state index contributed by atoms with van der Waals surface area (Å²) >= 11 is 0. The summed E-state index contributed by atoms with van der Waals surface area (Å²) in [5, 5.41) is 11.3. The van der Waals surface area contributed by atoms with Gasteiger partial charge in [-0.15, -0.1) is 0 Å². The molecule has 0 spiro atoms. The number of aryl methyl sites for hydroxylation is 1. The van der Waals surface area contributed by atoms with Crippen LogP contribution in [0.5, 0.6) is 11.5 Å². The average Bonchev–Trinajstić information content (AvgIpc) is 3.16. The third-order valence-corrected chi connectivity index (χ3v) is 6.73. The Bertz CT molecular complexity index is 1140. The van der Waals surface area contributed by atoms with Gasteiger partial charge in [0.1, 0.15) is 5.76 Å². The molecule has 0 aromatic heterocycles. The zero-order valence-corrected chi connectivity index (χ0v) is 21.9. The number of likely N-dealkylation sites (tertiary alicyclic amines) is 1. The van der Waals surface area contributed by atoms with Crippen LogP contribution in [0.15, 0.2) is 48.0 Å². The number of rotatable bonds is 10. The van der Waals surface area contributed by atoms with E-state index in [2.05, 4.69) is 4.90 Å². The van der Waals surface area contributed by atoms with Crippen LogP contribution in [0.4, 0.5) is 0 Å². The van der Waals surface area contributed by atoms with Crippen molar-refractivity contribution >= 4 is 17.4 Å². The second-order valence-electron chi connectivity index (χ2n) is 9.24. The molecule has 2 aliphatic rings. The summed E-state index contributed by atoms with van der Waals surface area (Å²) in [4.78, 5) is 30.5. The topological polar surface area (TPSA) is 88.5 Å². The van der Waals surface area contributed by atoms with Gasteiger partial charge in [-0.3, -0.25) is 14.5 Å². The fourth-order valence-corrected chi connectivity index (χ4v) is 4.85. The van der Waals surface area contributed by atoms with E-state index in [0.717, 1.165) is 25.2 Å². The SMILES string of the molecule is CCOc1ccc([C@H]2C(=C(O)c3ccc(C)cc3)C(=O)C(=O)N2CCCN2CCOCC2)cc1OCC. The van der Waals surface area contributed by atoms with Crippen molar-refractivity contribution in [1.82, 2.24) is 9.80 Å². The van der Waals surface area contributed by atoms with E-state index in [0.29, 0.717) is 62.0 Å². The van der Waals surface area contributed by atoms with Gasteiger partial charge >= 0.3 is 0 Å². The quantitative estimate of drug-likeness (QED) is 0.295. The van der Waals surface area contributed by atoms with E-state index in [9.17, 15) is 14.7 Å². The van der Waals surface area contributed by atoms with Gasteiger partial charge < -0.3 is 24.2 Å². The number of nitrogens with zero attached hydrogens (tertiary/aromatic N) is 2. The highest BCUT2D eigenvalue weighted by atomic mass is 16.5. The number of carbonyl (C=O) groups is 2. The summed E-state index contributed by atoms with van der Waals surface area (Å²) in [5.41, 5.74) is 2.31.